The normalized spacial score (nSPS) is 11.1. The minimum absolute atomic E-state index is 0.386. The van der Waals surface area contributed by atoms with Crippen LogP contribution in [-0.4, -0.2) is 13.1 Å². The van der Waals surface area contributed by atoms with Gasteiger partial charge < -0.3 is 15.8 Å². The molecule has 0 unspecified atom stereocenters. The number of ether oxygens (including phenoxy) is 1. The maximum atomic E-state index is 5.84. The van der Waals surface area contributed by atoms with Crippen molar-refractivity contribution in [2.45, 2.75) is 6.54 Å². The highest BCUT2D eigenvalue weighted by atomic mass is 16.5. The first-order valence-corrected chi connectivity index (χ1v) is 6.03. The Kier molecular flexibility index (Phi) is 4.39. The highest BCUT2D eigenvalue weighted by Crippen LogP contribution is 2.16. The summed E-state index contributed by atoms with van der Waals surface area (Å²) in [5.74, 6) is 1.16. The molecule has 0 heterocycles. The maximum absolute atomic E-state index is 5.84. The monoisotopic (exact) mass is 255 g/mol. The number of nitrogens with two attached hydrogens (primary N) is 1. The van der Waals surface area contributed by atoms with Crippen molar-refractivity contribution < 1.29 is 4.74 Å². The molecule has 2 aromatic carbocycles. The van der Waals surface area contributed by atoms with Gasteiger partial charge in [0, 0.05) is 11.8 Å². The average Bonchev–Trinajstić information content (AvgIpc) is 2.46. The Morgan fingerprint density at radius 1 is 1.16 bits per heavy atom. The number of rotatable bonds is 4. The zero-order chi connectivity index (χ0) is 13.5. The van der Waals surface area contributed by atoms with Gasteiger partial charge in [0.05, 0.1) is 13.7 Å². The Hall–Kier alpha value is -2.49. The van der Waals surface area contributed by atoms with Gasteiger partial charge in [-0.3, -0.25) is 0 Å². The molecular weight excluding hydrogens is 238 g/mol. The molecule has 19 heavy (non-hydrogen) atoms. The van der Waals surface area contributed by atoms with Crippen molar-refractivity contribution in [3.63, 3.8) is 0 Å². The van der Waals surface area contributed by atoms with Crippen molar-refractivity contribution in [1.29, 1.82) is 0 Å². The molecule has 4 heteroatoms. The van der Waals surface area contributed by atoms with Gasteiger partial charge in [-0.05, 0) is 17.7 Å². The zero-order valence-electron chi connectivity index (χ0n) is 10.8. The van der Waals surface area contributed by atoms with Gasteiger partial charge in [-0.15, -0.1) is 0 Å². The Balaban J connectivity index is 1.98. The number of nitrogens with zero attached hydrogens (tertiary/aromatic N) is 1. The van der Waals surface area contributed by atoms with E-state index in [9.17, 15) is 0 Å². The van der Waals surface area contributed by atoms with E-state index in [1.54, 1.807) is 7.11 Å². The van der Waals surface area contributed by atoms with E-state index in [4.69, 9.17) is 10.5 Å². The van der Waals surface area contributed by atoms with E-state index in [1.165, 1.54) is 0 Å². The van der Waals surface area contributed by atoms with E-state index in [0.29, 0.717) is 12.5 Å². The first-order valence-electron chi connectivity index (χ1n) is 6.03. The minimum Gasteiger partial charge on any atom is -0.497 e. The summed E-state index contributed by atoms with van der Waals surface area (Å²) in [6, 6.07) is 17.5. The quantitative estimate of drug-likeness (QED) is 0.652. The Bertz CT molecular complexity index is 552. The van der Waals surface area contributed by atoms with Gasteiger partial charge in [0.2, 0.25) is 0 Å². The first-order chi connectivity index (χ1) is 9.28. The summed E-state index contributed by atoms with van der Waals surface area (Å²) in [6.45, 7) is 0.559. The Morgan fingerprint density at radius 3 is 2.68 bits per heavy atom. The SMILES string of the molecule is COc1cccc(NC(N)=NCc2ccccc2)c1. The smallest absolute Gasteiger partial charge is 0.193 e. The van der Waals surface area contributed by atoms with E-state index < -0.39 is 0 Å². The second-order valence-corrected chi connectivity index (χ2v) is 4.04. The molecule has 2 rings (SSSR count). The maximum Gasteiger partial charge on any atom is 0.193 e. The van der Waals surface area contributed by atoms with Crippen LogP contribution in [0.1, 0.15) is 5.56 Å². The molecule has 0 fully saturated rings. The highest BCUT2D eigenvalue weighted by Gasteiger charge is 1.97. The average molecular weight is 255 g/mol. The van der Waals surface area contributed by atoms with Crippen LogP contribution in [0, 0.1) is 0 Å². The molecule has 0 saturated carbocycles. The number of nitrogens with one attached hydrogen (secondary N) is 1. The molecule has 0 amide bonds. The van der Waals surface area contributed by atoms with Gasteiger partial charge in [-0.1, -0.05) is 36.4 Å². The van der Waals surface area contributed by atoms with Gasteiger partial charge in [0.15, 0.2) is 5.96 Å². The number of methoxy groups -OCH3 is 1. The molecular formula is C15H17N3O. The molecule has 0 saturated heterocycles. The second-order valence-electron chi connectivity index (χ2n) is 4.04. The summed E-state index contributed by atoms with van der Waals surface area (Å²) in [5.41, 5.74) is 7.82. The molecule has 98 valence electrons. The molecule has 0 aromatic heterocycles. The Labute approximate surface area is 112 Å². The van der Waals surface area contributed by atoms with E-state index in [2.05, 4.69) is 10.3 Å². The topological polar surface area (TPSA) is 59.6 Å². The van der Waals surface area contributed by atoms with Crippen LogP contribution in [0.4, 0.5) is 5.69 Å². The molecule has 0 spiro atoms. The number of aliphatic imine (C=N–C) groups is 1. The molecule has 0 aliphatic carbocycles. The molecule has 4 nitrogen and oxygen atoms in total. The van der Waals surface area contributed by atoms with Gasteiger partial charge >= 0.3 is 0 Å². The van der Waals surface area contributed by atoms with Crippen molar-refractivity contribution in [3.05, 3.63) is 60.2 Å². The molecule has 2 aromatic rings. The summed E-state index contributed by atoms with van der Waals surface area (Å²) in [7, 11) is 1.63. The van der Waals surface area contributed by atoms with Crippen molar-refractivity contribution in [2.75, 3.05) is 12.4 Å². The number of hydrogen-bond donors (Lipinski definition) is 2. The van der Waals surface area contributed by atoms with Crippen molar-refractivity contribution in [3.8, 4) is 5.75 Å². The van der Waals surface area contributed by atoms with E-state index in [1.807, 2.05) is 54.6 Å². The predicted octanol–water partition coefficient (Wildman–Crippen LogP) is 2.62. The lowest BCUT2D eigenvalue weighted by molar-refractivity contribution is 0.415. The van der Waals surface area contributed by atoms with Crippen LogP contribution in [0.5, 0.6) is 5.75 Å². The van der Waals surface area contributed by atoms with Crippen LogP contribution >= 0.6 is 0 Å². The van der Waals surface area contributed by atoms with Crippen LogP contribution in [0.15, 0.2) is 59.6 Å². The second kappa shape index (κ2) is 6.44. The fourth-order valence-electron chi connectivity index (χ4n) is 1.65. The predicted molar refractivity (Wildman–Crippen MR) is 78.4 cm³/mol. The number of hydrogen-bond acceptors (Lipinski definition) is 2. The number of anilines is 1. The third-order valence-corrected chi connectivity index (χ3v) is 2.62. The fourth-order valence-corrected chi connectivity index (χ4v) is 1.65. The summed E-state index contributed by atoms with van der Waals surface area (Å²) in [5, 5.41) is 3.03. The fraction of sp³-hybridized carbons (Fsp3) is 0.133. The van der Waals surface area contributed by atoms with Gasteiger partial charge in [0.25, 0.3) is 0 Å². The molecule has 0 aliphatic heterocycles. The number of guanidine groups is 1. The standard InChI is InChI=1S/C15H17N3O/c1-19-14-9-5-8-13(10-14)18-15(16)17-11-12-6-3-2-4-7-12/h2-10H,11H2,1H3,(H3,16,17,18). The van der Waals surface area contributed by atoms with Crippen LogP contribution in [0.25, 0.3) is 0 Å². The lowest BCUT2D eigenvalue weighted by Crippen LogP contribution is -2.22. The summed E-state index contributed by atoms with van der Waals surface area (Å²) >= 11 is 0. The van der Waals surface area contributed by atoms with E-state index in [0.717, 1.165) is 17.0 Å². The van der Waals surface area contributed by atoms with Gasteiger partial charge in [-0.2, -0.15) is 0 Å². The molecule has 0 bridgehead atoms. The largest absolute Gasteiger partial charge is 0.497 e. The van der Waals surface area contributed by atoms with Crippen molar-refractivity contribution in [1.82, 2.24) is 0 Å². The summed E-state index contributed by atoms with van der Waals surface area (Å²) in [6.07, 6.45) is 0. The zero-order valence-corrected chi connectivity index (χ0v) is 10.8. The van der Waals surface area contributed by atoms with Crippen LogP contribution in [-0.2, 0) is 6.54 Å². The molecule has 0 atom stereocenters. The van der Waals surface area contributed by atoms with E-state index >= 15 is 0 Å². The molecule has 0 radical (unpaired) electrons. The van der Waals surface area contributed by atoms with Crippen molar-refractivity contribution in [2.24, 2.45) is 10.7 Å². The van der Waals surface area contributed by atoms with Gasteiger partial charge in [-0.25, -0.2) is 4.99 Å². The third kappa shape index (κ3) is 4.03. The number of benzene rings is 2. The first kappa shape index (κ1) is 13.0. The third-order valence-electron chi connectivity index (χ3n) is 2.62. The highest BCUT2D eigenvalue weighted by molar-refractivity contribution is 5.92. The lowest BCUT2D eigenvalue weighted by atomic mass is 10.2. The van der Waals surface area contributed by atoms with Crippen LogP contribution < -0.4 is 15.8 Å². The van der Waals surface area contributed by atoms with Crippen molar-refractivity contribution >= 4 is 11.6 Å². The summed E-state index contributed by atoms with van der Waals surface area (Å²) in [4.78, 5) is 4.29. The van der Waals surface area contributed by atoms with Crippen LogP contribution in [0.3, 0.4) is 0 Å². The summed E-state index contributed by atoms with van der Waals surface area (Å²) < 4.78 is 5.15. The minimum atomic E-state index is 0.386. The van der Waals surface area contributed by atoms with Gasteiger partial charge in [0.1, 0.15) is 5.75 Å². The van der Waals surface area contributed by atoms with E-state index in [-0.39, 0.29) is 0 Å². The molecule has 0 aliphatic rings. The lowest BCUT2D eigenvalue weighted by Gasteiger charge is -2.07. The molecule has 3 N–H and O–H groups in total. The Morgan fingerprint density at radius 2 is 1.95 bits per heavy atom. The van der Waals surface area contributed by atoms with Crippen LogP contribution in [0.2, 0.25) is 0 Å².